The molecule has 0 fully saturated rings. The molecule has 1 aromatic carbocycles. The minimum Gasteiger partial charge on any atom is -0.310 e. The second-order valence-corrected chi connectivity index (χ2v) is 11.4. The molecule has 0 aliphatic carbocycles. The van der Waals surface area contributed by atoms with E-state index in [1.165, 1.54) is 0 Å². The van der Waals surface area contributed by atoms with Crippen molar-refractivity contribution in [3.05, 3.63) is 59.9 Å². The van der Waals surface area contributed by atoms with Gasteiger partial charge in [0.1, 0.15) is 5.82 Å². The van der Waals surface area contributed by atoms with E-state index in [2.05, 4.69) is 25.6 Å². The van der Waals surface area contributed by atoms with Gasteiger partial charge in [0.05, 0.1) is 5.52 Å². The standard InChI is InChI=1S/C30H37N5O3/c1-29(2,3)26(37)33-25-18-22(32-28(34-25)35-27(38)30(4,5)6)12-8-9-13-23(36)16-15-20-17-21-11-7-10-14-24(21)31-19-20/h7,10-11,14-19H,8-9,12-13H2,1-6H3,(H2,32,33,34,35,37,38). The van der Waals surface area contributed by atoms with Gasteiger partial charge in [0, 0.05) is 40.6 Å². The average Bonchev–Trinajstić information content (AvgIpc) is 2.84. The number of ketones is 1. The summed E-state index contributed by atoms with van der Waals surface area (Å²) in [5, 5.41) is 6.59. The molecule has 0 saturated heterocycles. The Morgan fingerprint density at radius 2 is 1.55 bits per heavy atom. The summed E-state index contributed by atoms with van der Waals surface area (Å²) in [4.78, 5) is 50.6. The number of benzene rings is 1. The van der Waals surface area contributed by atoms with E-state index >= 15 is 0 Å². The van der Waals surface area contributed by atoms with Gasteiger partial charge in [0.25, 0.3) is 0 Å². The molecular weight excluding hydrogens is 478 g/mol. The molecule has 2 amide bonds. The quantitative estimate of drug-likeness (QED) is 0.267. The fourth-order valence-electron chi connectivity index (χ4n) is 3.40. The van der Waals surface area contributed by atoms with Crippen LogP contribution in [0.1, 0.15) is 72.1 Å². The summed E-state index contributed by atoms with van der Waals surface area (Å²) < 4.78 is 0. The number of para-hydroxylation sites is 1. The van der Waals surface area contributed by atoms with Crippen LogP contribution in [0.15, 0.2) is 48.7 Å². The highest BCUT2D eigenvalue weighted by Gasteiger charge is 2.24. The molecule has 0 spiro atoms. The van der Waals surface area contributed by atoms with Crippen molar-refractivity contribution in [1.82, 2.24) is 15.0 Å². The van der Waals surface area contributed by atoms with Crippen LogP contribution in [0.3, 0.4) is 0 Å². The average molecular weight is 516 g/mol. The van der Waals surface area contributed by atoms with Crippen LogP contribution in [-0.2, 0) is 20.8 Å². The molecule has 38 heavy (non-hydrogen) atoms. The van der Waals surface area contributed by atoms with Crippen molar-refractivity contribution < 1.29 is 14.4 Å². The highest BCUT2D eigenvalue weighted by atomic mass is 16.2. The third kappa shape index (κ3) is 8.57. The van der Waals surface area contributed by atoms with E-state index in [-0.39, 0.29) is 23.5 Å². The molecule has 8 heteroatoms. The SMILES string of the molecule is CC(C)(C)C(=O)Nc1cc(CCCCC(=O)C=Cc2cnc3ccccc3c2)nc(NC(=O)C(C)(C)C)n1. The monoisotopic (exact) mass is 515 g/mol. The van der Waals surface area contributed by atoms with Crippen molar-refractivity contribution >= 4 is 46.3 Å². The predicted molar refractivity (Wildman–Crippen MR) is 152 cm³/mol. The van der Waals surface area contributed by atoms with Gasteiger partial charge in [-0.1, -0.05) is 59.7 Å². The van der Waals surface area contributed by atoms with Crippen LogP contribution in [0.4, 0.5) is 11.8 Å². The van der Waals surface area contributed by atoms with Crippen LogP contribution in [0.5, 0.6) is 0 Å². The van der Waals surface area contributed by atoms with E-state index in [1.54, 1.807) is 45.2 Å². The lowest BCUT2D eigenvalue weighted by molar-refractivity contribution is -0.123. The van der Waals surface area contributed by atoms with Gasteiger partial charge in [-0.2, -0.15) is 4.98 Å². The number of aryl methyl sites for hydroxylation is 1. The third-order valence-corrected chi connectivity index (χ3v) is 5.79. The number of nitrogens with one attached hydrogen (secondary N) is 2. The van der Waals surface area contributed by atoms with Gasteiger partial charge in [-0.05, 0) is 49.1 Å². The van der Waals surface area contributed by atoms with Crippen molar-refractivity contribution in [2.75, 3.05) is 10.6 Å². The zero-order valence-corrected chi connectivity index (χ0v) is 23.1. The number of anilines is 2. The van der Waals surface area contributed by atoms with Crippen molar-refractivity contribution in [3.8, 4) is 0 Å². The first kappa shape index (κ1) is 28.6. The number of unbranched alkanes of at least 4 members (excludes halogenated alkanes) is 1. The highest BCUT2D eigenvalue weighted by molar-refractivity contribution is 5.95. The Balaban J connectivity index is 1.60. The van der Waals surface area contributed by atoms with Crippen LogP contribution >= 0.6 is 0 Å². The number of pyridine rings is 1. The van der Waals surface area contributed by atoms with Crippen LogP contribution in [0.25, 0.3) is 17.0 Å². The van der Waals surface area contributed by atoms with Gasteiger partial charge in [0.2, 0.25) is 17.8 Å². The summed E-state index contributed by atoms with van der Waals surface area (Å²) >= 11 is 0. The maximum absolute atomic E-state index is 12.5. The minimum absolute atomic E-state index is 0.0390. The normalized spacial score (nSPS) is 12.1. The molecule has 0 bridgehead atoms. The molecule has 2 N–H and O–H groups in total. The van der Waals surface area contributed by atoms with E-state index in [1.807, 2.05) is 51.1 Å². The van der Waals surface area contributed by atoms with Gasteiger partial charge >= 0.3 is 0 Å². The maximum atomic E-state index is 12.5. The maximum Gasteiger partial charge on any atom is 0.232 e. The van der Waals surface area contributed by atoms with E-state index in [0.29, 0.717) is 37.2 Å². The number of hydrogen-bond acceptors (Lipinski definition) is 6. The molecule has 0 aliphatic heterocycles. The van der Waals surface area contributed by atoms with Crippen LogP contribution in [0, 0.1) is 10.8 Å². The second kappa shape index (κ2) is 12.1. The zero-order valence-electron chi connectivity index (χ0n) is 23.1. The Labute approximate surface area is 224 Å². The zero-order chi connectivity index (χ0) is 27.9. The number of carbonyl (C=O) groups excluding carboxylic acids is 3. The number of rotatable bonds is 9. The topological polar surface area (TPSA) is 114 Å². The smallest absolute Gasteiger partial charge is 0.232 e. The van der Waals surface area contributed by atoms with Crippen LogP contribution < -0.4 is 10.6 Å². The number of allylic oxidation sites excluding steroid dienone is 1. The Morgan fingerprint density at radius 3 is 2.26 bits per heavy atom. The lowest BCUT2D eigenvalue weighted by Crippen LogP contribution is -2.30. The van der Waals surface area contributed by atoms with Crippen molar-refractivity contribution in [1.29, 1.82) is 0 Å². The number of fused-ring (bicyclic) bond motifs is 1. The Bertz CT molecular complexity index is 1300. The predicted octanol–water partition coefficient (Wildman–Crippen LogP) is 5.99. The largest absolute Gasteiger partial charge is 0.310 e. The van der Waals surface area contributed by atoms with Crippen molar-refractivity contribution in [3.63, 3.8) is 0 Å². The number of hydrogen-bond donors (Lipinski definition) is 2. The number of nitrogens with zero attached hydrogens (tertiary/aromatic N) is 3. The van der Waals surface area contributed by atoms with Crippen molar-refractivity contribution in [2.45, 2.75) is 67.2 Å². The molecule has 0 saturated carbocycles. The number of amides is 2. The summed E-state index contributed by atoms with van der Waals surface area (Å²) in [6, 6.07) is 11.6. The molecule has 0 aliphatic rings. The fourth-order valence-corrected chi connectivity index (χ4v) is 3.40. The third-order valence-electron chi connectivity index (χ3n) is 5.79. The van der Waals surface area contributed by atoms with Crippen molar-refractivity contribution in [2.24, 2.45) is 10.8 Å². The van der Waals surface area contributed by atoms with E-state index in [0.717, 1.165) is 16.5 Å². The lowest BCUT2D eigenvalue weighted by Gasteiger charge is -2.19. The Hall–Kier alpha value is -3.94. The van der Waals surface area contributed by atoms with Crippen LogP contribution in [0.2, 0.25) is 0 Å². The van der Waals surface area contributed by atoms with E-state index in [9.17, 15) is 14.4 Å². The first-order valence-electron chi connectivity index (χ1n) is 12.9. The highest BCUT2D eigenvalue weighted by Crippen LogP contribution is 2.21. The van der Waals surface area contributed by atoms with Gasteiger partial charge in [0.15, 0.2) is 5.78 Å². The molecule has 2 aromatic heterocycles. The molecule has 8 nitrogen and oxygen atoms in total. The molecule has 2 heterocycles. The molecular formula is C30H37N5O3. The molecule has 3 aromatic rings. The van der Waals surface area contributed by atoms with E-state index in [4.69, 9.17) is 0 Å². The van der Waals surface area contributed by atoms with Gasteiger partial charge in [-0.25, -0.2) is 4.98 Å². The number of carbonyl (C=O) groups is 3. The fraction of sp³-hybridized carbons (Fsp3) is 0.400. The molecule has 3 rings (SSSR count). The summed E-state index contributed by atoms with van der Waals surface area (Å²) in [5.41, 5.74) is 1.26. The molecule has 200 valence electrons. The lowest BCUT2D eigenvalue weighted by atomic mass is 9.96. The molecule has 0 atom stereocenters. The van der Waals surface area contributed by atoms with Gasteiger partial charge in [-0.3, -0.25) is 24.7 Å². The Morgan fingerprint density at radius 1 is 0.868 bits per heavy atom. The first-order valence-corrected chi connectivity index (χ1v) is 12.9. The van der Waals surface area contributed by atoms with E-state index < -0.39 is 10.8 Å². The summed E-state index contributed by atoms with van der Waals surface area (Å²) in [5.74, 6) is 0.116. The van der Waals surface area contributed by atoms with Gasteiger partial charge in [-0.15, -0.1) is 0 Å². The Kier molecular flexibility index (Phi) is 9.09. The van der Waals surface area contributed by atoms with Gasteiger partial charge < -0.3 is 5.32 Å². The summed E-state index contributed by atoms with van der Waals surface area (Å²) in [7, 11) is 0. The molecule has 0 unspecified atom stereocenters. The number of aromatic nitrogens is 3. The first-order chi connectivity index (χ1) is 17.8. The molecule has 0 radical (unpaired) electrons. The minimum atomic E-state index is -0.620. The van der Waals surface area contributed by atoms with Crippen LogP contribution in [-0.4, -0.2) is 32.5 Å². The summed E-state index contributed by atoms with van der Waals surface area (Å²) in [6.07, 6.45) is 7.52. The second-order valence-electron chi connectivity index (χ2n) is 11.4. The summed E-state index contributed by atoms with van der Waals surface area (Å²) in [6.45, 7) is 10.8.